The Hall–Kier alpha value is -0.650. The van der Waals surface area contributed by atoms with Crippen molar-refractivity contribution in [3.8, 4) is 0 Å². The molecule has 0 aliphatic rings. The first kappa shape index (κ1) is 10.4. The van der Waals surface area contributed by atoms with Crippen molar-refractivity contribution in [2.75, 3.05) is 0 Å². The van der Waals surface area contributed by atoms with E-state index < -0.39 is 0 Å². The van der Waals surface area contributed by atoms with E-state index in [1.54, 1.807) is 0 Å². The van der Waals surface area contributed by atoms with Crippen LogP contribution in [0.2, 0.25) is 0 Å². The van der Waals surface area contributed by atoms with Crippen LogP contribution in [0.1, 0.15) is 31.9 Å². The number of hydrogen-bond acceptors (Lipinski definition) is 0. The summed E-state index contributed by atoms with van der Waals surface area (Å²) in [5.74, 6) is 0. The first-order chi connectivity index (χ1) is 5.84. The van der Waals surface area contributed by atoms with E-state index in [1.807, 2.05) is 0 Å². The van der Waals surface area contributed by atoms with E-state index in [2.05, 4.69) is 55.5 Å². The molecule has 0 atom stereocenters. The van der Waals surface area contributed by atoms with Gasteiger partial charge in [-0.1, -0.05) is 49.4 Å². The summed E-state index contributed by atoms with van der Waals surface area (Å²) in [6.07, 6.45) is 0. The maximum absolute atomic E-state index is 2.27. The molecule has 1 aromatic rings. The first-order valence-electron chi connectivity index (χ1n) is 4.91. The minimum atomic E-state index is 0.266. The van der Waals surface area contributed by atoms with Gasteiger partial charge in [-0.25, -0.2) is 0 Å². The van der Waals surface area contributed by atoms with Crippen LogP contribution in [-0.2, 0) is 5.41 Å². The maximum Gasteiger partial charge on any atom is 0.139 e. The Balaban J connectivity index is 3.35. The lowest BCUT2D eigenvalue weighted by Crippen LogP contribution is -2.29. The van der Waals surface area contributed by atoms with Gasteiger partial charge in [0.05, 0.1) is 0 Å². The Morgan fingerprint density at radius 2 is 1.62 bits per heavy atom. The van der Waals surface area contributed by atoms with Gasteiger partial charge in [0.1, 0.15) is 15.7 Å². The summed E-state index contributed by atoms with van der Waals surface area (Å²) in [6.45, 7) is 9.01. The summed E-state index contributed by atoms with van der Waals surface area (Å²) in [5, 5.41) is 0. The molecule has 68 valence electrons. The molecule has 0 saturated heterocycles. The van der Waals surface area contributed by atoms with Crippen LogP contribution in [-0.4, -0.2) is 15.7 Å². The Kier molecular flexibility index (Phi) is 2.61. The van der Waals surface area contributed by atoms with E-state index >= 15 is 0 Å². The molecule has 0 aliphatic heterocycles. The van der Waals surface area contributed by atoms with Crippen molar-refractivity contribution in [2.24, 2.45) is 0 Å². The Labute approximate surface area is 83.6 Å². The molecule has 1 rings (SSSR count). The third-order valence-electron chi connectivity index (χ3n) is 2.87. The van der Waals surface area contributed by atoms with Crippen molar-refractivity contribution in [3.63, 3.8) is 0 Å². The predicted molar refractivity (Wildman–Crippen MR) is 66.2 cm³/mol. The minimum Gasteiger partial charge on any atom is -0.0866 e. The molecule has 0 N–H and O–H groups in total. The second-order valence-corrected chi connectivity index (χ2v) is 4.93. The molecule has 0 unspecified atom stereocenters. The number of benzene rings is 1. The molecular weight excluding hydrogens is 154 g/mol. The van der Waals surface area contributed by atoms with E-state index in [0.717, 1.165) is 0 Å². The molecule has 0 aromatic heterocycles. The Bertz CT molecular complexity index is 322. The molecule has 0 nitrogen and oxygen atoms in total. The van der Waals surface area contributed by atoms with Crippen LogP contribution < -0.4 is 10.9 Å². The maximum atomic E-state index is 2.27. The number of hydrogen-bond donors (Lipinski definition) is 0. The largest absolute Gasteiger partial charge is 0.139 e. The van der Waals surface area contributed by atoms with Gasteiger partial charge in [0.25, 0.3) is 0 Å². The summed E-state index contributed by atoms with van der Waals surface area (Å²) in [4.78, 5) is 0. The van der Waals surface area contributed by atoms with Gasteiger partial charge in [-0.2, -0.15) is 0 Å². The Morgan fingerprint density at radius 3 is 2.08 bits per heavy atom. The second kappa shape index (κ2) is 3.25. The monoisotopic (exact) mass is 172 g/mol. The molecule has 0 heterocycles. The molecule has 1 aromatic carbocycles. The standard InChI is InChI=1S/C11H18B2/c1-7-9(12)6-5-8(10(7)13)11(2,3)4/h5-6H,12-13H2,1-4H3. The van der Waals surface area contributed by atoms with E-state index in [4.69, 9.17) is 0 Å². The van der Waals surface area contributed by atoms with Crippen LogP contribution >= 0.6 is 0 Å². The molecule has 0 amide bonds. The van der Waals surface area contributed by atoms with Gasteiger partial charge in [-0.05, 0) is 17.9 Å². The van der Waals surface area contributed by atoms with Crippen LogP contribution in [0.3, 0.4) is 0 Å². The zero-order valence-electron chi connectivity index (χ0n) is 9.65. The molecular formula is C11H18B2. The van der Waals surface area contributed by atoms with E-state index in [1.165, 1.54) is 22.1 Å². The minimum absolute atomic E-state index is 0.266. The van der Waals surface area contributed by atoms with Crippen LogP contribution in [0, 0.1) is 6.92 Å². The summed E-state index contributed by atoms with van der Waals surface area (Å²) >= 11 is 0. The third-order valence-corrected chi connectivity index (χ3v) is 2.87. The average molecular weight is 172 g/mol. The Morgan fingerprint density at radius 1 is 1.08 bits per heavy atom. The normalized spacial score (nSPS) is 11.7. The molecule has 2 heteroatoms. The lowest BCUT2D eigenvalue weighted by molar-refractivity contribution is 0.594. The molecule has 0 radical (unpaired) electrons. The van der Waals surface area contributed by atoms with Gasteiger partial charge in [0, 0.05) is 0 Å². The van der Waals surface area contributed by atoms with Crippen LogP contribution in [0.15, 0.2) is 12.1 Å². The molecule has 0 fully saturated rings. The highest BCUT2D eigenvalue weighted by molar-refractivity contribution is 6.40. The van der Waals surface area contributed by atoms with E-state index in [0.29, 0.717) is 0 Å². The van der Waals surface area contributed by atoms with Gasteiger partial charge in [0.15, 0.2) is 0 Å². The highest BCUT2D eigenvalue weighted by Gasteiger charge is 2.16. The average Bonchev–Trinajstić information content (AvgIpc) is 1.98. The predicted octanol–water partition coefficient (Wildman–Crippen LogP) is -0.191. The van der Waals surface area contributed by atoms with Gasteiger partial charge in [-0.3, -0.25) is 0 Å². The van der Waals surface area contributed by atoms with Crippen LogP contribution in [0.25, 0.3) is 0 Å². The van der Waals surface area contributed by atoms with Crippen LogP contribution in [0.4, 0.5) is 0 Å². The fraction of sp³-hybridized carbons (Fsp3) is 0.455. The molecule has 13 heavy (non-hydrogen) atoms. The molecule has 0 spiro atoms. The van der Waals surface area contributed by atoms with E-state index in [9.17, 15) is 0 Å². The zero-order valence-corrected chi connectivity index (χ0v) is 9.65. The van der Waals surface area contributed by atoms with Crippen molar-refractivity contribution in [3.05, 3.63) is 23.3 Å². The summed E-state index contributed by atoms with van der Waals surface area (Å²) < 4.78 is 0. The fourth-order valence-electron chi connectivity index (χ4n) is 1.77. The van der Waals surface area contributed by atoms with E-state index in [-0.39, 0.29) is 5.41 Å². The lowest BCUT2D eigenvalue weighted by Gasteiger charge is -2.24. The zero-order chi connectivity index (χ0) is 10.2. The highest BCUT2D eigenvalue weighted by atomic mass is 14.2. The molecule has 0 aliphatic carbocycles. The summed E-state index contributed by atoms with van der Waals surface area (Å²) in [5.41, 5.74) is 6.02. The van der Waals surface area contributed by atoms with Crippen molar-refractivity contribution in [1.82, 2.24) is 0 Å². The van der Waals surface area contributed by atoms with Crippen molar-refractivity contribution in [2.45, 2.75) is 33.1 Å². The summed E-state index contributed by atoms with van der Waals surface area (Å²) in [7, 11) is 4.40. The van der Waals surface area contributed by atoms with Crippen molar-refractivity contribution in [1.29, 1.82) is 0 Å². The second-order valence-electron chi connectivity index (χ2n) is 4.93. The van der Waals surface area contributed by atoms with Crippen molar-refractivity contribution < 1.29 is 0 Å². The quantitative estimate of drug-likeness (QED) is 0.475. The molecule has 0 saturated carbocycles. The first-order valence-corrected chi connectivity index (χ1v) is 4.91. The molecule has 0 bridgehead atoms. The van der Waals surface area contributed by atoms with Gasteiger partial charge in [0.2, 0.25) is 0 Å². The van der Waals surface area contributed by atoms with Gasteiger partial charge < -0.3 is 0 Å². The topological polar surface area (TPSA) is 0 Å². The fourth-order valence-corrected chi connectivity index (χ4v) is 1.77. The third kappa shape index (κ3) is 1.99. The SMILES string of the molecule is Bc1ccc(C(C)(C)C)c(B)c1C. The van der Waals surface area contributed by atoms with Crippen LogP contribution in [0.5, 0.6) is 0 Å². The highest BCUT2D eigenvalue weighted by Crippen LogP contribution is 2.19. The lowest BCUT2D eigenvalue weighted by atomic mass is 9.72. The van der Waals surface area contributed by atoms with Gasteiger partial charge in [-0.15, -0.1) is 0 Å². The smallest absolute Gasteiger partial charge is 0.0866 e. The van der Waals surface area contributed by atoms with Crippen molar-refractivity contribution >= 4 is 26.6 Å². The van der Waals surface area contributed by atoms with Gasteiger partial charge >= 0.3 is 0 Å². The summed E-state index contributed by atoms with van der Waals surface area (Å²) in [6, 6.07) is 4.49. The number of rotatable bonds is 0.